The van der Waals surface area contributed by atoms with Crippen LogP contribution in [-0.4, -0.2) is 80.7 Å². The lowest BCUT2D eigenvalue weighted by atomic mass is 10.00. The zero-order valence-electron chi connectivity index (χ0n) is 23.4. The third-order valence-electron chi connectivity index (χ3n) is 7.85. The lowest BCUT2D eigenvalue weighted by Gasteiger charge is -2.37. The van der Waals surface area contributed by atoms with Gasteiger partial charge in [-0.3, -0.25) is 9.69 Å². The highest BCUT2D eigenvalue weighted by molar-refractivity contribution is 5.96. The quantitative estimate of drug-likeness (QED) is 0.273. The van der Waals surface area contributed by atoms with Crippen LogP contribution in [0.1, 0.15) is 33.9 Å². The number of anilines is 1. The van der Waals surface area contributed by atoms with Crippen LogP contribution in [0.3, 0.4) is 0 Å². The van der Waals surface area contributed by atoms with Gasteiger partial charge in [0, 0.05) is 24.2 Å². The van der Waals surface area contributed by atoms with Gasteiger partial charge >= 0.3 is 6.09 Å². The number of benzene rings is 3. The molecule has 2 aliphatic heterocycles. The number of cyclic esters (lactones) is 1. The molecule has 0 aliphatic carbocycles. The van der Waals surface area contributed by atoms with Crippen LogP contribution < -0.4 is 15.0 Å². The highest BCUT2D eigenvalue weighted by Gasteiger charge is 2.43. The first-order valence-electron chi connectivity index (χ1n) is 14.1. The number of nitrogens with one attached hydrogen (secondary N) is 1. The molecule has 216 valence electrons. The molecule has 2 N–H and O–H groups in total. The van der Waals surface area contributed by atoms with Gasteiger partial charge in [-0.2, -0.15) is 0 Å². The highest BCUT2D eigenvalue weighted by atomic mass is 16.6. The van der Waals surface area contributed by atoms with Gasteiger partial charge < -0.3 is 29.1 Å². The summed E-state index contributed by atoms with van der Waals surface area (Å²) < 4.78 is 17.8. The van der Waals surface area contributed by atoms with E-state index in [-0.39, 0.29) is 12.5 Å². The summed E-state index contributed by atoms with van der Waals surface area (Å²) in [6.45, 7) is 5.29. The number of hydrogen-bond acceptors (Lipinski definition) is 6. The van der Waals surface area contributed by atoms with Crippen molar-refractivity contribution in [2.45, 2.75) is 25.2 Å². The normalized spacial score (nSPS) is 20.0. The minimum Gasteiger partial charge on any atom is -0.489 e. The van der Waals surface area contributed by atoms with E-state index in [2.05, 4.69) is 12.4 Å². The van der Waals surface area contributed by atoms with E-state index in [0.29, 0.717) is 30.2 Å². The smallest absolute Gasteiger partial charge is 0.415 e. The van der Waals surface area contributed by atoms with Crippen molar-refractivity contribution < 1.29 is 33.4 Å². The van der Waals surface area contributed by atoms with Crippen LogP contribution in [-0.2, 0) is 16.1 Å². The first kappa shape index (κ1) is 28.6. The highest BCUT2D eigenvalue weighted by Crippen LogP contribution is 2.38. The third-order valence-corrected chi connectivity index (χ3v) is 7.85. The van der Waals surface area contributed by atoms with Crippen molar-refractivity contribution >= 4 is 17.7 Å². The van der Waals surface area contributed by atoms with E-state index in [9.17, 15) is 14.7 Å². The SMILES string of the molecule is C[N+]1(CCCNC(=O)c2ccc(N3C(=O)O[C@H](CO)[C@H]3c3ccc(OCc4ccccc4)cc3)cc2)CCOCC1. The molecule has 3 aromatic carbocycles. The molecule has 0 unspecified atom stereocenters. The van der Waals surface area contributed by atoms with Gasteiger partial charge in [0.1, 0.15) is 31.5 Å². The molecule has 5 rings (SSSR count). The average Bonchev–Trinajstić information content (AvgIpc) is 3.35. The maximum atomic E-state index is 12.9. The van der Waals surface area contributed by atoms with Crippen LogP contribution in [0.15, 0.2) is 78.9 Å². The Labute approximate surface area is 240 Å². The summed E-state index contributed by atoms with van der Waals surface area (Å²) in [5.41, 5.74) is 2.98. The molecule has 9 heteroatoms. The largest absolute Gasteiger partial charge is 0.489 e. The van der Waals surface area contributed by atoms with Crippen LogP contribution in [0.2, 0.25) is 0 Å². The fourth-order valence-electron chi connectivity index (χ4n) is 5.35. The Morgan fingerprint density at radius 2 is 1.73 bits per heavy atom. The Balaban J connectivity index is 1.21. The molecule has 2 fully saturated rings. The molecule has 2 amide bonds. The number of rotatable bonds is 11. The number of likely N-dealkylation sites (N-methyl/N-ethyl adjacent to an activating group) is 1. The maximum absolute atomic E-state index is 12.9. The molecule has 0 bridgehead atoms. The zero-order valence-corrected chi connectivity index (χ0v) is 23.4. The molecule has 9 nitrogen and oxygen atoms in total. The number of nitrogens with zero attached hydrogens (tertiary/aromatic N) is 2. The minimum atomic E-state index is -0.724. The van der Waals surface area contributed by atoms with E-state index in [4.69, 9.17) is 14.2 Å². The van der Waals surface area contributed by atoms with Gasteiger partial charge in [-0.25, -0.2) is 4.79 Å². The van der Waals surface area contributed by atoms with Crippen LogP contribution in [0, 0.1) is 0 Å². The molecule has 2 aliphatic rings. The number of carbonyl (C=O) groups is 2. The van der Waals surface area contributed by atoms with Crippen LogP contribution in [0.4, 0.5) is 10.5 Å². The lowest BCUT2D eigenvalue weighted by Crippen LogP contribution is -2.52. The van der Waals surface area contributed by atoms with Crippen molar-refractivity contribution in [3.63, 3.8) is 0 Å². The minimum absolute atomic E-state index is 0.152. The summed E-state index contributed by atoms with van der Waals surface area (Å²) in [5, 5.41) is 13.0. The van der Waals surface area contributed by atoms with Crippen molar-refractivity contribution in [3.05, 3.63) is 95.6 Å². The zero-order chi connectivity index (χ0) is 28.7. The Hall–Kier alpha value is -3.92. The lowest BCUT2D eigenvalue weighted by molar-refractivity contribution is -0.916. The molecule has 2 saturated heterocycles. The number of amides is 2. The fourth-order valence-corrected chi connectivity index (χ4v) is 5.35. The van der Waals surface area contributed by atoms with Gasteiger partial charge in [-0.05, 0) is 47.5 Å². The molecule has 0 radical (unpaired) electrons. The Kier molecular flexibility index (Phi) is 9.18. The third kappa shape index (κ3) is 7.05. The number of carbonyl (C=O) groups excluding carboxylic acids is 2. The summed E-state index contributed by atoms with van der Waals surface area (Å²) in [6.07, 6.45) is -0.381. The average molecular weight is 561 g/mol. The number of ether oxygens (including phenoxy) is 3. The first-order chi connectivity index (χ1) is 20.0. The second-order valence-corrected chi connectivity index (χ2v) is 10.8. The molecule has 2 atom stereocenters. The Morgan fingerprint density at radius 1 is 1.02 bits per heavy atom. The number of morpholine rings is 1. The molecule has 3 aromatic rings. The molecule has 0 spiro atoms. The standard InChI is InChI=1S/C32H37N3O6/c1-35(18-20-39-21-19-35)17-5-16-33-31(37)26-8-12-27(13-9-26)34-30(29(22-36)41-32(34)38)25-10-14-28(15-11-25)40-23-24-6-3-2-4-7-24/h2-4,6-15,29-30,36H,5,16-23H2,1H3/p+1/t29-,30-/m1/s1. The van der Waals surface area contributed by atoms with Gasteiger partial charge in [-0.1, -0.05) is 42.5 Å². The van der Waals surface area contributed by atoms with E-state index in [1.165, 1.54) is 4.90 Å². The number of aliphatic hydroxyl groups excluding tert-OH is 1. The van der Waals surface area contributed by atoms with Gasteiger partial charge in [0.05, 0.1) is 33.4 Å². The summed E-state index contributed by atoms with van der Waals surface area (Å²) in [7, 11) is 2.23. The van der Waals surface area contributed by atoms with Gasteiger partial charge in [-0.15, -0.1) is 0 Å². The molecular weight excluding hydrogens is 522 g/mol. The summed E-state index contributed by atoms with van der Waals surface area (Å²) >= 11 is 0. The van der Waals surface area contributed by atoms with Gasteiger partial charge in [0.25, 0.3) is 5.91 Å². The van der Waals surface area contributed by atoms with E-state index in [0.717, 1.165) is 54.9 Å². The molecule has 41 heavy (non-hydrogen) atoms. The van der Waals surface area contributed by atoms with Gasteiger partial charge in [0.2, 0.25) is 0 Å². The van der Waals surface area contributed by atoms with Crippen molar-refractivity contribution in [2.24, 2.45) is 0 Å². The van der Waals surface area contributed by atoms with Crippen LogP contribution in [0.25, 0.3) is 0 Å². The fraction of sp³-hybridized carbons (Fsp3) is 0.375. The number of aliphatic hydroxyl groups is 1. The maximum Gasteiger partial charge on any atom is 0.415 e. The first-order valence-corrected chi connectivity index (χ1v) is 14.1. The summed E-state index contributed by atoms with van der Waals surface area (Å²) in [4.78, 5) is 27.2. The summed E-state index contributed by atoms with van der Waals surface area (Å²) in [5.74, 6) is 0.548. The van der Waals surface area contributed by atoms with Crippen molar-refractivity contribution in [3.8, 4) is 5.75 Å². The molecule has 2 heterocycles. The Bertz CT molecular complexity index is 1290. The number of quaternary nitrogens is 1. The van der Waals surface area contributed by atoms with E-state index < -0.39 is 18.2 Å². The van der Waals surface area contributed by atoms with E-state index in [1.54, 1.807) is 24.3 Å². The molecule has 0 aromatic heterocycles. The van der Waals surface area contributed by atoms with Crippen molar-refractivity contribution in [2.75, 3.05) is 57.9 Å². The monoisotopic (exact) mass is 560 g/mol. The predicted molar refractivity (Wildman–Crippen MR) is 155 cm³/mol. The van der Waals surface area contributed by atoms with E-state index >= 15 is 0 Å². The Morgan fingerprint density at radius 3 is 2.41 bits per heavy atom. The van der Waals surface area contributed by atoms with Crippen LogP contribution in [0.5, 0.6) is 5.75 Å². The second kappa shape index (κ2) is 13.2. The van der Waals surface area contributed by atoms with E-state index in [1.807, 2.05) is 54.6 Å². The number of hydrogen-bond donors (Lipinski definition) is 2. The van der Waals surface area contributed by atoms with Crippen molar-refractivity contribution in [1.82, 2.24) is 5.32 Å². The molecular formula is C32H38N3O6+. The molecule has 0 saturated carbocycles. The predicted octanol–water partition coefficient (Wildman–Crippen LogP) is 3.92. The van der Waals surface area contributed by atoms with Gasteiger partial charge in [0.15, 0.2) is 6.10 Å². The van der Waals surface area contributed by atoms with Crippen molar-refractivity contribution in [1.29, 1.82) is 0 Å². The topological polar surface area (TPSA) is 97.3 Å². The summed E-state index contributed by atoms with van der Waals surface area (Å²) in [6, 6.07) is 23.7. The second-order valence-electron chi connectivity index (χ2n) is 10.8. The van der Waals surface area contributed by atoms with Crippen LogP contribution >= 0.6 is 0 Å².